The molecule has 0 amide bonds. The van der Waals surface area contributed by atoms with E-state index in [2.05, 4.69) is 36.4 Å². The van der Waals surface area contributed by atoms with Crippen LogP contribution in [0.25, 0.3) is 12.2 Å². The molecule has 0 fully saturated rings. The van der Waals surface area contributed by atoms with E-state index in [0.717, 1.165) is 0 Å². The van der Waals surface area contributed by atoms with Crippen LogP contribution in [0.4, 0.5) is 0 Å². The van der Waals surface area contributed by atoms with Crippen LogP contribution < -0.4 is 0 Å². The van der Waals surface area contributed by atoms with Crippen LogP contribution in [-0.2, 0) is 0 Å². The molecule has 2 aromatic carbocycles. The Labute approximate surface area is 141 Å². The van der Waals surface area contributed by atoms with Gasteiger partial charge < -0.3 is 25.5 Å². The molecule has 0 bridgehead atoms. The van der Waals surface area contributed by atoms with Crippen molar-refractivity contribution >= 4 is 12.2 Å². The van der Waals surface area contributed by atoms with Gasteiger partial charge in [-0.05, 0) is 11.1 Å². The number of benzene rings is 2. The smallest absolute Gasteiger partial charge is 0.110 e. The minimum absolute atomic E-state index is 0.641. The predicted octanol–water partition coefficient (Wildman–Crippen LogP) is 0.911. The van der Waals surface area contributed by atoms with Crippen molar-refractivity contribution in [3.8, 4) is 0 Å². The van der Waals surface area contributed by atoms with Crippen LogP contribution in [-0.4, -0.2) is 57.1 Å². The summed E-state index contributed by atoms with van der Waals surface area (Å²) in [6.45, 7) is -1.28. The molecule has 130 valence electrons. The summed E-state index contributed by atoms with van der Waals surface area (Å²) in [6, 6.07) is 20.6. The maximum absolute atomic E-state index is 8.77. The molecule has 0 radical (unpaired) electrons. The van der Waals surface area contributed by atoms with Crippen LogP contribution in [0, 0.1) is 0 Å². The van der Waals surface area contributed by atoms with Crippen LogP contribution in [0.3, 0.4) is 0 Å². The van der Waals surface area contributed by atoms with E-state index >= 15 is 0 Å². The maximum atomic E-state index is 8.77. The van der Waals surface area contributed by atoms with Crippen molar-refractivity contribution in [3.63, 3.8) is 0 Å². The third-order valence-electron chi connectivity index (χ3n) is 3.23. The molecule has 0 spiro atoms. The Morgan fingerprint density at radius 2 is 0.958 bits per heavy atom. The van der Waals surface area contributed by atoms with Crippen molar-refractivity contribution in [2.45, 2.75) is 18.3 Å². The molecule has 0 aromatic heterocycles. The highest BCUT2D eigenvalue weighted by atomic mass is 16.4. The predicted molar refractivity (Wildman–Crippen MR) is 94.0 cm³/mol. The molecule has 2 atom stereocenters. The molecule has 0 heterocycles. The fourth-order valence-electron chi connectivity index (χ4n) is 1.79. The zero-order chi connectivity index (χ0) is 17.8. The van der Waals surface area contributed by atoms with Crippen LogP contribution in [0.5, 0.6) is 0 Å². The van der Waals surface area contributed by atoms with E-state index in [1.807, 2.05) is 36.4 Å². The lowest BCUT2D eigenvalue weighted by molar-refractivity contribution is -0.0900. The molecular weight excluding hydrogens is 308 g/mol. The number of aliphatic hydroxyl groups excluding tert-OH is 5. The second kappa shape index (κ2) is 11.5. The van der Waals surface area contributed by atoms with Gasteiger partial charge in [-0.2, -0.15) is 0 Å². The first kappa shape index (κ1) is 20.0. The van der Waals surface area contributed by atoms with E-state index < -0.39 is 31.5 Å². The third-order valence-corrected chi connectivity index (χ3v) is 3.23. The Balaban J connectivity index is 0.000000257. The van der Waals surface area contributed by atoms with Gasteiger partial charge in [-0.1, -0.05) is 72.8 Å². The maximum Gasteiger partial charge on any atom is 0.110 e. The van der Waals surface area contributed by atoms with Gasteiger partial charge in [-0.3, -0.25) is 0 Å². The van der Waals surface area contributed by atoms with E-state index in [4.69, 9.17) is 25.5 Å². The highest BCUT2D eigenvalue weighted by Gasteiger charge is 2.22. The highest BCUT2D eigenvalue weighted by molar-refractivity contribution is 5.69. The topological polar surface area (TPSA) is 101 Å². The van der Waals surface area contributed by atoms with Gasteiger partial charge in [0.15, 0.2) is 0 Å². The first-order valence-electron chi connectivity index (χ1n) is 7.62. The summed E-state index contributed by atoms with van der Waals surface area (Å²) >= 11 is 0. The molecule has 0 saturated heterocycles. The molecule has 0 saturated carbocycles. The van der Waals surface area contributed by atoms with Crippen molar-refractivity contribution in [1.82, 2.24) is 0 Å². The molecule has 24 heavy (non-hydrogen) atoms. The number of aliphatic hydroxyl groups is 5. The lowest BCUT2D eigenvalue weighted by Crippen LogP contribution is -2.41. The van der Waals surface area contributed by atoms with Gasteiger partial charge in [0.1, 0.15) is 18.3 Å². The monoisotopic (exact) mass is 332 g/mol. The zero-order valence-corrected chi connectivity index (χ0v) is 13.3. The second-order valence-corrected chi connectivity index (χ2v) is 5.15. The first-order chi connectivity index (χ1) is 11.6. The van der Waals surface area contributed by atoms with Crippen molar-refractivity contribution in [2.75, 3.05) is 13.2 Å². The lowest BCUT2D eigenvalue weighted by Gasteiger charge is -2.19. The fourth-order valence-corrected chi connectivity index (χ4v) is 1.79. The van der Waals surface area contributed by atoms with E-state index in [1.165, 1.54) is 11.1 Å². The van der Waals surface area contributed by atoms with Crippen molar-refractivity contribution in [2.24, 2.45) is 0 Å². The van der Waals surface area contributed by atoms with Crippen LogP contribution >= 0.6 is 0 Å². The third kappa shape index (κ3) is 7.50. The molecule has 2 aromatic rings. The molecule has 2 rings (SSSR count). The molecular formula is C19H24O5. The van der Waals surface area contributed by atoms with Gasteiger partial charge in [0, 0.05) is 0 Å². The van der Waals surface area contributed by atoms with E-state index in [-0.39, 0.29) is 0 Å². The summed E-state index contributed by atoms with van der Waals surface area (Å²) < 4.78 is 0. The first-order valence-corrected chi connectivity index (χ1v) is 7.62. The molecule has 0 aliphatic carbocycles. The molecule has 0 aliphatic heterocycles. The average Bonchev–Trinajstić information content (AvgIpc) is 2.66. The second-order valence-electron chi connectivity index (χ2n) is 5.15. The van der Waals surface area contributed by atoms with Gasteiger partial charge in [0.25, 0.3) is 0 Å². The number of rotatable bonds is 6. The number of hydrogen-bond acceptors (Lipinski definition) is 5. The Bertz CT molecular complexity index is 519. The fraction of sp³-hybridized carbons (Fsp3) is 0.263. The van der Waals surface area contributed by atoms with Crippen molar-refractivity contribution in [1.29, 1.82) is 0 Å². The quantitative estimate of drug-likeness (QED) is 0.506. The summed E-state index contributed by atoms with van der Waals surface area (Å²) in [7, 11) is 0. The Hall–Kier alpha value is -2.02. The minimum Gasteiger partial charge on any atom is -0.394 e. The number of hydrogen-bond donors (Lipinski definition) is 5. The lowest BCUT2D eigenvalue weighted by atomic mass is 10.1. The SMILES string of the molecule is C(=Cc1ccccc1)c1ccccc1.OCC(O)C(O)C(O)CO. The Morgan fingerprint density at radius 3 is 1.25 bits per heavy atom. The molecule has 2 unspecified atom stereocenters. The zero-order valence-electron chi connectivity index (χ0n) is 13.3. The van der Waals surface area contributed by atoms with Gasteiger partial charge in [0.2, 0.25) is 0 Å². The van der Waals surface area contributed by atoms with Crippen LogP contribution in [0.15, 0.2) is 60.7 Å². The molecule has 0 aliphatic rings. The van der Waals surface area contributed by atoms with Gasteiger partial charge in [-0.25, -0.2) is 0 Å². The molecule has 5 N–H and O–H groups in total. The summed E-state index contributed by atoms with van der Waals surface area (Å²) in [5, 5.41) is 42.6. The largest absolute Gasteiger partial charge is 0.394 e. The van der Waals surface area contributed by atoms with Crippen molar-refractivity contribution < 1.29 is 25.5 Å². The van der Waals surface area contributed by atoms with Crippen molar-refractivity contribution in [3.05, 3.63) is 71.8 Å². The summed E-state index contributed by atoms with van der Waals surface area (Å²) in [5.74, 6) is 0. The summed E-state index contributed by atoms with van der Waals surface area (Å²) in [6.07, 6.45) is -0.0516. The Kier molecular flexibility index (Phi) is 9.60. The average molecular weight is 332 g/mol. The van der Waals surface area contributed by atoms with Crippen LogP contribution in [0.1, 0.15) is 11.1 Å². The highest BCUT2D eigenvalue weighted by Crippen LogP contribution is 2.07. The summed E-state index contributed by atoms with van der Waals surface area (Å²) in [4.78, 5) is 0. The molecule has 5 nitrogen and oxygen atoms in total. The Morgan fingerprint density at radius 1 is 0.625 bits per heavy atom. The van der Waals surface area contributed by atoms with E-state index in [0.29, 0.717) is 0 Å². The summed E-state index contributed by atoms with van der Waals surface area (Å²) in [5.41, 5.74) is 2.47. The molecule has 5 heteroatoms. The normalized spacial score (nSPS) is 14.5. The van der Waals surface area contributed by atoms with E-state index in [1.54, 1.807) is 0 Å². The van der Waals surface area contributed by atoms with E-state index in [9.17, 15) is 0 Å². The minimum atomic E-state index is -1.49. The van der Waals surface area contributed by atoms with Gasteiger partial charge in [-0.15, -0.1) is 0 Å². The van der Waals surface area contributed by atoms with Gasteiger partial charge in [0.05, 0.1) is 13.2 Å². The van der Waals surface area contributed by atoms with Gasteiger partial charge >= 0.3 is 0 Å². The van der Waals surface area contributed by atoms with Crippen LogP contribution in [0.2, 0.25) is 0 Å². The standard InChI is InChI=1S/C14H12.C5H12O5/c1-3-7-13(8-4-1)11-12-14-9-5-2-6-10-14;6-1-3(8)5(10)4(9)2-7/h1-12H;3-10H,1-2H2.